The summed E-state index contributed by atoms with van der Waals surface area (Å²) in [6.07, 6.45) is 0. The van der Waals surface area contributed by atoms with Gasteiger partial charge in [-0.2, -0.15) is 0 Å². The SMILES string of the molecule is O=C1NCc2c(N3CCNCC3)cccc2N1Cc1ccc(Cl)cc1. The van der Waals surface area contributed by atoms with Gasteiger partial charge in [-0.3, -0.25) is 4.90 Å². The summed E-state index contributed by atoms with van der Waals surface area (Å²) in [4.78, 5) is 16.7. The first kappa shape index (κ1) is 16.2. The molecule has 6 heteroatoms. The molecule has 4 rings (SSSR count). The summed E-state index contributed by atoms with van der Waals surface area (Å²) in [5.74, 6) is 0. The molecule has 2 heterocycles. The molecule has 2 aromatic carbocycles. The number of hydrogen-bond donors (Lipinski definition) is 2. The summed E-state index contributed by atoms with van der Waals surface area (Å²) in [5, 5.41) is 7.11. The van der Waals surface area contributed by atoms with Crippen LogP contribution in [0.15, 0.2) is 42.5 Å². The summed E-state index contributed by atoms with van der Waals surface area (Å²) in [7, 11) is 0. The van der Waals surface area contributed by atoms with Gasteiger partial charge in [0.05, 0.1) is 12.2 Å². The van der Waals surface area contributed by atoms with E-state index in [1.54, 1.807) is 0 Å². The minimum atomic E-state index is -0.0556. The van der Waals surface area contributed by atoms with Gasteiger partial charge in [0.2, 0.25) is 0 Å². The van der Waals surface area contributed by atoms with Gasteiger partial charge in [0.25, 0.3) is 0 Å². The first-order valence-corrected chi connectivity index (χ1v) is 8.97. The molecule has 1 saturated heterocycles. The van der Waals surface area contributed by atoms with Crippen molar-refractivity contribution in [2.45, 2.75) is 13.1 Å². The lowest BCUT2D eigenvalue weighted by Gasteiger charge is -2.36. The Hall–Kier alpha value is -2.24. The van der Waals surface area contributed by atoms with Crippen LogP contribution in [0.4, 0.5) is 16.2 Å². The Morgan fingerprint density at radius 2 is 1.72 bits per heavy atom. The number of anilines is 2. The summed E-state index contributed by atoms with van der Waals surface area (Å²) < 4.78 is 0. The molecule has 2 aliphatic rings. The second-order valence-electron chi connectivity index (χ2n) is 6.38. The van der Waals surface area contributed by atoms with E-state index in [-0.39, 0.29) is 6.03 Å². The second kappa shape index (κ2) is 6.94. The highest BCUT2D eigenvalue weighted by atomic mass is 35.5. The number of nitrogens with zero attached hydrogens (tertiary/aromatic N) is 2. The van der Waals surface area contributed by atoms with Crippen LogP contribution in [0.2, 0.25) is 5.02 Å². The first-order valence-electron chi connectivity index (χ1n) is 8.60. The van der Waals surface area contributed by atoms with Crippen molar-refractivity contribution in [3.8, 4) is 0 Å². The Kier molecular flexibility index (Phi) is 4.51. The fraction of sp³-hybridized carbons (Fsp3) is 0.316. The molecule has 5 nitrogen and oxygen atoms in total. The molecule has 2 N–H and O–H groups in total. The number of carbonyl (C=O) groups excluding carboxylic acids is 1. The third kappa shape index (κ3) is 3.30. The van der Waals surface area contributed by atoms with E-state index in [4.69, 9.17) is 11.6 Å². The third-order valence-electron chi connectivity index (χ3n) is 4.79. The van der Waals surface area contributed by atoms with Crippen molar-refractivity contribution in [3.05, 3.63) is 58.6 Å². The Labute approximate surface area is 152 Å². The van der Waals surface area contributed by atoms with Crippen molar-refractivity contribution in [3.63, 3.8) is 0 Å². The summed E-state index contributed by atoms with van der Waals surface area (Å²) in [6, 6.07) is 13.8. The maximum absolute atomic E-state index is 12.5. The van der Waals surface area contributed by atoms with Gasteiger partial charge in [-0.15, -0.1) is 0 Å². The number of hydrogen-bond acceptors (Lipinski definition) is 3. The average Bonchev–Trinajstić information content (AvgIpc) is 2.66. The summed E-state index contributed by atoms with van der Waals surface area (Å²) in [6.45, 7) is 5.06. The monoisotopic (exact) mass is 356 g/mol. The van der Waals surface area contributed by atoms with E-state index in [0.717, 1.165) is 37.4 Å². The van der Waals surface area contributed by atoms with Gasteiger partial charge in [0, 0.05) is 49.0 Å². The molecule has 130 valence electrons. The van der Waals surface area contributed by atoms with Gasteiger partial charge in [0.15, 0.2) is 0 Å². The predicted molar refractivity (Wildman–Crippen MR) is 101 cm³/mol. The quantitative estimate of drug-likeness (QED) is 0.888. The minimum absolute atomic E-state index is 0.0556. The Balaban J connectivity index is 1.66. The van der Waals surface area contributed by atoms with Crippen molar-refractivity contribution >= 4 is 29.0 Å². The molecular formula is C19H21ClN4O. The molecular weight excluding hydrogens is 336 g/mol. The van der Waals surface area contributed by atoms with E-state index in [9.17, 15) is 4.79 Å². The Bertz CT molecular complexity index is 771. The van der Waals surface area contributed by atoms with Crippen LogP contribution >= 0.6 is 11.6 Å². The Morgan fingerprint density at radius 3 is 2.48 bits per heavy atom. The van der Waals surface area contributed by atoms with Crippen LogP contribution in [-0.2, 0) is 13.1 Å². The minimum Gasteiger partial charge on any atom is -0.369 e. The third-order valence-corrected chi connectivity index (χ3v) is 5.04. The number of carbonyl (C=O) groups is 1. The van der Waals surface area contributed by atoms with E-state index in [2.05, 4.69) is 21.6 Å². The van der Waals surface area contributed by atoms with E-state index in [1.807, 2.05) is 41.3 Å². The van der Waals surface area contributed by atoms with Crippen LogP contribution in [0.25, 0.3) is 0 Å². The highest BCUT2D eigenvalue weighted by Crippen LogP contribution is 2.34. The van der Waals surface area contributed by atoms with Gasteiger partial charge in [-0.1, -0.05) is 29.8 Å². The molecule has 0 atom stereocenters. The first-order chi connectivity index (χ1) is 12.2. The summed E-state index contributed by atoms with van der Waals surface area (Å²) in [5.41, 5.74) is 4.47. The molecule has 2 amide bonds. The number of benzene rings is 2. The topological polar surface area (TPSA) is 47.6 Å². The fourth-order valence-corrected chi connectivity index (χ4v) is 3.62. The Morgan fingerprint density at radius 1 is 1.00 bits per heavy atom. The number of halogens is 1. The molecule has 0 saturated carbocycles. The normalized spacial score (nSPS) is 17.2. The highest BCUT2D eigenvalue weighted by molar-refractivity contribution is 6.30. The molecule has 0 aromatic heterocycles. The number of rotatable bonds is 3. The van der Waals surface area contributed by atoms with E-state index < -0.39 is 0 Å². The molecule has 2 aromatic rings. The van der Waals surface area contributed by atoms with Gasteiger partial charge >= 0.3 is 6.03 Å². The second-order valence-corrected chi connectivity index (χ2v) is 6.82. The smallest absolute Gasteiger partial charge is 0.322 e. The van der Waals surface area contributed by atoms with Gasteiger partial charge < -0.3 is 15.5 Å². The molecule has 0 bridgehead atoms. The number of piperazine rings is 1. The van der Waals surface area contributed by atoms with Crippen molar-refractivity contribution in [1.29, 1.82) is 0 Å². The van der Waals surface area contributed by atoms with Crippen molar-refractivity contribution in [2.75, 3.05) is 36.0 Å². The van der Waals surface area contributed by atoms with E-state index >= 15 is 0 Å². The van der Waals surface area contributed by atoms with Crippen LogP contribution in [-0.4, -0.2) is 32.2 Å². The lowest BCUT2D eigenvalue weighted by molar-refractivity contribution is 0.244. The molecule has 25 heavy (non-hydrogen) atoms. The van der Waals surface area contributed by atoms with Crippen LogP contribution in [0.5, 0.6) is 0 Å². The van der Waals surface area contributed by atoms with Crippen molar-refractivity contribution < 1.29 is 4.79 Å². The highest BCUT2D eigenvalue weighted by Gasteiger charge is 2.27. The molecule has 0 aliphatic carbocycles. The number of urea groups is 1. The zero-order chi connectivity index (χ0) is 17.2. The van der Waals surface area contributed by atoms with Gasteiger partial charge in [-0.05, 0) is 29.8 Å². The van der Waals surface area contributed by atoms with Crippen LogP contribution in [0.1, 0.15) is 11.1 Å². The summed E-state index contributed by atoms with van der Waals surface area (Å²) >= 11 is 5.97. The van der Waals surface area contributed by atoms with Crippen LogP contribution in [0.3, 0.4) is 0 Å². The van der Waals surface area contributed by atoms with E-state index in [0.29, 0.717) is 18.1 Å². The lowest BCUT2D eigenvalue weighted by Crippen LogP contribution is -2.46. The maximum Gasteiger partial charge on any atom is 0.322 e. The largest absolute Gasteiger partial charge is 0.369 e. The predicted octanol–water partition coefficient (Wildman–Crippen LogP) is 2.98. The molecule has 0 spiro atoms. The van der Waals surface area contributed by atoms with Crippen molar-refractivity contribution in [1.82, 2.24) is 10.6 Å². The van der Waals surface area contributed by atoms with Crippen LogP contribution in [0, 0.1) is 0 Å². The molecule has 1 fully saturated rings. The number of fused-ring (bicyclic) bond motifs is 1. The van der Waals surface area contributed by atoms with Crippen molar-refractivity contribution in [2.24, 2.45) is 0 Å². The number of nitrogens with one attached hydrogen (secondary N) is 2. The van der Waals surface area contributed by atoms with E-state index in [1.165, 1.54) is 11.3 Å². The lowest BCUT2D eigenvalue weighted by atomic mass is 10.0. The molecule has 2 aliphatic heterocycles. The fourth-order valence-electron chi connectivity index (χ4n) is 3.50. The number of amides is 2. The average molecular weight is 357 g/mol. The standard InChI is InChI=1S/C19H21ClN4O/c20-15-6-4-14(5-7-15)13-24-18-3-1-2-17(16(18)12-22-19(24)25)23-10-8-21-9-11-23/h1-7,21H,8-13H2,(H,22,25). The molecule has 0 radical (unpaired) electrons. The molecule has 0 unspecified atom stereocenters. The zero-order valence-electron chi connectivity index (χ0n) is 14.0. The van der Waals surface area contributed by atoms with Gasteiger partial charge in [0.1, 0.15) is 0 Å². The zero-order valence-corrected chi connectivity index (χ0v) is 14.7. The van der Waals surface area contributed by atoms with Gasteiger partial charge in [-0.25, -0.2) is 4.79 Å². The maximum atomic E-state index is 12.5. The van der Waals surface area contributed by atoms with Crippen LogP contribution < -0.4 is 20.4 Å².